The minimum atomic E-state index is -0.270. The van der Waals surface area contributed by atoms with Gasteiger partial charge in [0.2, 0.25) is 0 Å². The summed E-state index contributed by atoms with van der Waals surface area (Å²) in [6.07, 6.45) is 0. The van der Waals surface area contributed by atoms with Crippen LogP contribution < -0.4 is 15.2 Å². The summed E-state index contributed by atoms with van der Waals surface area (Å²) in [5.41, 5.74) is 2.75. The quantitative estimate of drug-likeness (QED) is 0.439. The smallest absolute Gasteiger partial charge is 0.351 e. The lowest BCUT2D eigenvalue weighted by Gasteiger charge is -2.14. The molecule has 0 fully saturated rings. The molecule has 0 saturated carbocycles. The molecule has 5 rings (SSSR count). The first-order valence-corrected chi connectivity index (χ1v) is 9.84. The van der Waals surface area contributed by atoms with Gasteiger partial charge in [-0.25, -0.2) is 9.78 Å². The Hall–Kier alpha value is -4.13. The van der Waals surface area contributed by atoms with Gasteiger partial charge in [-0.1, -0.05) is 60.7 Å². The molecule has 7 nitrogen and oxygen atoms in total. The number of fused-ring (bicyclic) bond motifs is 3. The van der Waals surface area contributed by atoms with Crippen LogP contribution in [0.5, 0.6) is 11.5 Å². The van der Waals surface area contributed by atoms with Gasteiger partial charge in [0.05, 0.1) is 26.3 Å². The lowest BCUT2D eigenvalue weighted by Crippen LogP contribution is -2.28. The van der Waals surface area contributed by atoms with Crippen LogP contribution in [0, 0.1) is 0 Å². The van der Waals surface area contributed by atoms with Crippen molar-refractivity contribution >= 4 is 16.6 Å². The van der Waals surface area contributed by atoms with Crippen molar-refractivity contribution in [3.63, 3.8) is 0 Å². The van der Waals surface area contributed by atoms with E-state index in [1.54, 1.807) is 18.8 Å². The number of hydrogen-bond donors (Lipinski definition) is 0. The molecule has 2 heterocycles. The van der Waals surface area contributed by atoms with Gasteiger partial charge in [-0.15, -0.1) is 5.10 Å². The van der Waals surface area contributed by atoms with Gasteiger partial charge in [-0.3, -0.25) is 4.57 Å². The zero-order chi connectivity index (χ0) is 21.4. The Labute approximate surface area is 178 Å². The van der Waals surface area contributed by atoms with Crippen LogP contribution in [0.4, 0.5) is 0 Å². The summed E-state index contributed by atoms with van der Waals surface area (Å²) < 4.78 is 14.0. The van der Waals surface area contributed by atoms with Crippen molar-refractivity contribution < 1.29 is 9.47 Å². The van der Waals surface area contributed by atoms with Crippen molar-refractivity contribution in [1.29, 1.82) is 0 Å². The molecule has 0 saturated heterocycles. The summed E-state index contributed by atoms with van der Waals surface area (Å²) in [5, 5.41) is 5.29. The van der Waals surface area contributed by atoms with Crippen LogP contribution in [0.3, 0.4) is 0 Å². The highest BCUT2D eigenvalue weighted by atomic mass is 16.5. The number of aromatic nitrogens is 4. The number of benzene rings is 3. The lowest BCUT2D eigenvalue weighted by molar-refractivity contribution is 0.355. The molecule has 154 valence electrons. The highest BCUT2D eigenvalue weighted by molar-refractivity contribution is 5.94. The fourth-order valence-electron chi connectivity index (χ4n) is 3.74. The van der Waals surface area contributed by atoms with E-state index in [-0.39, 0.29) is 5.69 Å². The molecule has 0 N–H and O–H groups in total. The van der Waals surface area contributed by atoms with E-state index in [2.05, 4.69) is 5.10 Å². The first-order valence-electron chi connectivity index (χ1n) is 9.84. The molecule has 7 heteroatoms. The standard InChI is InChI=1S/C24H20N4O3/c1-30-20-13-18-19(14-21(20)31-2)27(15-16-9-5-3-6-10-16)24(29)28-23(18)25-22(26-28)17-11-7-4-8-12-17/h3-14H,15H2,1-2H3. The molecular weight excluding hydrogens is 392 g/mol. The van der Waals surface area contributed by atoms with E-state index >= 15 is 0 Å². The third-order valence-corrected chi connectivity index (χ3v) is 5.27. The van der Waals surface area contributed by atoms with E-state index < -0.39 is 0 Å². The van der Waals surface area contributed by atoms with Gasteiger partial charge < -0.3 is 9.47 Å². The van der Waals surface area contributed by atoms with Gasteiger partial charge in [0.15, 0.2) is 23.0 Å². The van der Waals surface area contributed by atoms with E-state index in [1.165, 1.54) is 4.52 Å². The SMILES string of the molecule is COc1cc2c(cc1OC)n(Cc1ccccc1)c(=O)n1nc(-c3ccccc3)nc21. The number of hydrogen-bond acceptors (Lipinski definition) is 5. The minimum Gasteiger partial charge on any atom is -0.493 e. The van der Waals surface area contributed by atoms with Gasteiger partial charge in [0.25, 0.3) is 0 Å². The molecule has 2 aromatic heterocycles. The summed E-state index contributed by atoms with van der Waals surface area (Å²) in [4.78, 5) is 18.2. The van der Waals surface area contributed by atoms with E-state index in [0.717, 1.165) is 16.5 Å². The van der Waals surface area contributed by atoms with Gasteiger partial charge in [0, 0.05) is 17.0 Å². The predicted molar refractivity (Wildman–Crippen MR) is 119 cm³/mol. The normalized spacial score (nSPS) is 11.2. The van der Waals surface area contributed by atoms with Crippen LogP contribution in [0.15, 0.2) is 77.6 Å². The Morgan fingerprint density at radius 3 is 2.19 bits per heavy atom. The molecule has 0 aliphatic heterocycles. The van der Waals surface area contributed by atoms with Crippen molar-refractivity contribution in [2.24, 2.45) is 0 Å². The van der Waals surface area contributed by atoms with Crippen molar-refractivity contribution in [2.45, 2.75) is 6.54 Å². The molecule has 0 bridgehead atoms. The van der Waals surface area contributed by atoms with Crippen LogP contribution >= 0.6 is 0 Å². The van der Waals surface area contributed by atoms with Gasteiger partial charge in [-0.2, -0.15) is 4.52 Å². The molecule has 0 radical (unpaired) electrons. The molecule has 0 aliphatic rings. The van der Waals surface area contributed by atoms with Gasteiger partial charge in [0.1, 0.15) is 0 Å². The number of nitrogens with zero attached hydrogens (tertiary/aromatic N) is 4. The summed E-state index contributed by atoms with van der Waals surface area (Å²) in [6, 6.07) is 23.1. The second kappa shape index (κ2) is 7.60. The Morgan fingerprint density at radius 2 is 1.52 bits per heavy atom. The van der Waals surface area contributed by atoms with Crippen LogP contribution in [0.25, 0.3) is 27.9 Å². The van der Waals surface area contributed by atoms with Crippen LogP contribution in [-0.4, -0.2) is 33.4 Å². The minimum absolute atomic E-state index is 0.270. The third kappa shape index (κ3) is 3.20. The largest absolute Gasteiger partial charge is 0.493 e. The third-order valence-electron chi connectivity index (χ3n) is 5.27. The second-order valence-corrected chi connectivity index (χ2v) is 7.12. The van der Waals surface area contributed by atoms with E-state index in [0.29, 0.717) is 35.0 Å². The van der Waals surface area contributed by atoms with Crippen LogP contribution in [-0.2, 0) is 6.54 Å². The van der Waals surface area contributed by atoms with Crippen LogP contribution in [0.1, 0.15) is 5.56 Å². The number of ether oxygens (including phenoxy) is 2. The van der Waals surface area contributed by atoms with E-state index in [9.17, 15) is 4.79 Å². The van der Waals surface area contributed by atoms with Crippen molar-refractivity contribution in [3.8, 4) is 22.9 Å². The first kappa shape index (κ1) is 18.9. The zero-order valence-electron chi connectivity index (χ0n) is 17.1. The summed E-state index contributed by atoms with van der Waals surface area (Å²) in [5.74, 6) is 1.60. The predicted octanol–water partition coefficient (Wildman–Crippen LogP) is 3.78. The first-order chi connectivity index (χ1) is 15.2. The van der Waals surface area contributed by atoms with Crippen molar-refractivity contribution in [2.75, 3.05) is 14.2 Å². The Kier molecular flexibility index (Phi) is 4.63. The number of rotatable bonds is 5. The number of methoxy groups -OCH3 is 2. The summed E-state index contributed by atoms with van der Waals surface area (Å²) >= 11 is 0. The molecule has 0 atom stereocenters. The average Bonchev–Trinajstić information content (AvgIpc) is 3.28. The monoisotopic (exact) mass is 412 g/mol. The molecular formula is C24H20N4O3. The Morgan fingerprint density at radius 1 is 0.871 bits per heavy atom. The highest BCUT2D eigenvalue weighted by Gasteiger charge is 2.19. The van der Waals surface area contributed by atoms with E-state index in [4.69, 9.17) is 14.5 Å². The average molecular weight is 412 g/mol. The Balaban J connectivity index is 1.85. The fraction of sp³-hybridized carbons (Fsp3) is 0.125. The summed E-state index contributed by atoms with van der Waals surface area (Å²) in [6.45, 7) is 0.391. The molecule has 5 aromatic rings. The molecule has 0 unspecified atom stereocenters. The highest BCUT2D eigenvalue weighted by Crippen LogP contribution is 2.33. The summed E-state index contributed by atoms with van der Waals surface area (Å²) in [7, 11) is 3.16. The fourth-order valence-corrected chi connectivity index (χ4v) is 3.74. The van der Waals surface area contributed by atoms with Gasteiger partial charge >= 0.3 is 5.69 Å². The zero-order valence-corrected chi connectivity index (χ0v) is 17.1. The maximum atomic E-state index is 13.5. The maximum Gasteiger partial charge on any atom is 0.351 e. The van der Waals surface area contributed by atoms with Crippen molar-refractivity contribution in [1.82, 2.24) is 19.2 Å². The maximum absolute atomic E-state index is 13.5. The topological polar surface area (TPSA) is 70.7 Å². The molecule has 31 heavy (non-hydrogen) atoms. The molecule has 3 aromatic carbocycles. The van der Waals surface area contributed by atoms with Gasteiger partial charge in [-0.05, 0) is 11.6 Å². The molecule has 0 spiro atoms. The molecule has 0 aliphatic carbocycles. The van der Waals surface area contributed by atoms with E-state index in [1.807, 2.05) is 72.8 Å². The Bertz CT molecular complexity index is 1440. The lowest BCUT2D eigenvalue weighted by atomic mass is 10.1. The van der Waals surface area contributed by atoms with Crippen molar-refractivity contribution in [3.05, 3.63) is 88.8 Å². The second-order valence-electron chi connectivity index (χ2n) is 7.12. The van der Waals surface area contributed by atoms with Crippen LogP contribution in [0.2, 0.25) is 0 Å². The molecule has 0 amide bonds.